The van der Waals surface area contributed by atoms with Gasteiger partial charge in [-0.15, -0.1) is 0 Å². The smallest absolute Gasteiger partial charge is 0.337 e. The Balaban J connectivity index is 2.08. The summed E-state index contributed by atoms with van der Waals surface area (Å²) in [5.74, 6) is -1.73. The highest BCUT2D eigenvalue weighted by molar-refractivity contribution is 9.10. The third-order valence-corrected chi connectivity index (χ3v) is 3.48. The van der Waals surface area contributed by atoms with Crippen LogP contribution in [0.4, 0.5) is 14.5 Å². The van der Waals surface area contributed by atoms with Crippen LogP contribution < -0.4 is 5.32 Å². The van der Waals surface area contributed by atoms with Gasteiger partial charge in [-0.3, -0.25) is 0 Å². The Morgan fingerprint density at radius 3 is 2.48 bits per heavy atom. The molecule has 0 fully saturated rings. The molecule has 0 unspecified atom stereocenters. The molecule has 3 nitrogen and oxygen atoms in total. The highest BCUT2D eigenvalue weighted by Crippen LogP contribution is 2.27. The van der Waals surface area contributed by atoms with Crippen molar-refractivity contribution in [3.8, 4) is 0 Å². The van der Waals surface area contributed by atoms with Crippen LogP contribution in [0.5, 0.6) is 0 Å². The maximum atomic E-state index is 13.6. The number of halogens is 3. The van der Waals surface area contributed by atoms with Gasteiger partial charge in [0.05, 0.1) is 18.4 Å². The van der Waals surface area contributed by atoms with Crippen molar-refractivity contribution in [2.24, 2.45) is 0 Å². The van der Waals surface area contributed by atoms with E-state index in [1.165, 1.54) is 13.2 Å². The second-order valence-corrected chi connectivity index (χ2v) is 5.14. The average molecular weight is 356 g/mol. The molecule has 2 rings (SSSR count). The summed E-state index contributed by atoms with van der Waals surface area (Å²) in [6.07, 6.45) is 0. The first-order chi connectivity index (χ1) is 10.0. The Bertz CT molecular complexity index is 636. The fourth-order valence-electron chi connectivity index (χ4n) is 1.78. The first-order valence-corrected chi connectivity index (χ1v) is 6.86. The lowest BCUT2D eigenvalue weighted by molar-refractivity contribution is 0.0600. The lowest BCUT2D eigenvalue weighted by Crippen LogP contribution is -2.04. The number of esters is 1. The van der Waals surface area contributed by atoms with E-state index in [0.717, 1.165) is 11.6 Å². The van der Waals surface area contributed by atoms with E-state index in [2.05, 4.69) is 26.0 Å². The van der Waals surface area contributed by atoms with E-state index in [4.69, 9.17) is 0 Å². The van der Waals surface area contributed by atoms with Gasteiger partial charge in [0.15, 0.2) is 0 Å². The number of benzene rings is 2. The van der Waals surface area contributed by atoms with Crippen LogP contribution in [0.15, 0.2) is 40.9 Å². The summed E-state index contributed by atoms with van der Waals surface area (Å²) in [5.41, 5.74) is 1.47. The molecule has 2 aromatic carbocycles. The molecule has 0 radical (unpaired) electrons. The van der Waals surface area contributed by atoms with E-state index >= 15 is 0 Å². The number of methoxy groups -OCH3 is 1. The van der Waals surface area contributed by atoms with Crippen LogP contribution in [0, 0.1) is 11.6 Å². The number of hydrogen-bond acceptors (Lipinski definition) is 3. The molecule has 6 heteroatoms. The minimum Gasteiger partial charge on any atom is -0.465 e. The second-order valence-electron chi connectivity index (χ2n) is 4.29. The molecule has 110 valence electrons. The Labute approximate surface area is 129 Å². The van der Waals surface area contributed by atoms with E-state index < -0.39 is 17.6 Å². The molecule has 0 aliphatic rings. The molecule has 0 aliphatic heterocycles. The third kappa shape index (κ3) is 3.78. The quantitative estimate of drug-likeness (QED) is 0.838. The molecule has 0 aliphatic carbocycles. The van der Waals surface area contributed by atoms with Gasteiger partial charge in [-0.2, -0.15) is 0 Å². The fraction of sp³-hybridized carbons (Fsp3) is 0.133. The van der Waals surface area contributed by atoms with Gasteiger partial charge in [0, 0.05) is 17.1 Å². The van der Waals surface area contributed by atoms with Gasteiger partial charge < -0.3 is 10.1 Å². The number of ether oxygens (including phenoxy) is 1. The van der Waals surface area contributed by atoms with Gasteiger partial charge in [-0.05, 0) is 39.7 Å². The van der Waals surface area contributed by atoms with Crippen molar-refractivity contribution in [3.05, 3.63) is 63.6 Å². The highest BCUT2D eigenvalue weighted by atomic mass is 79.9. The van der Waals surface area contributed by atoms with Crippen LogP contribution in [-0.2, 0) is 11.3 Å². The topological polar surface area (TPSA) is 38.3 Å². The molecular formula is C15H12BrF2NO2. The molecule has 0 bridgehead atoms. The summed E-state index contributed by atoms with van der Waals surface area (Å²) >= 11 is 3.11. The van der Waals surface area contributed by atoms with Gasteiger partial charge >= 0.3 is 5.97 Å². The van der Waals surface area contributed by atoms with Crippen LogP contribution in [0.1, 0.15) is 15.9 Å². The largest absolute Gasteiger partial charge is 0.465 e. The van der Waals surface area contributed by atoms with Gasteiger partial charge in [0.25, 0.3) is 0 Å². The molecule has 0 saturated carbocycles. The second kappa shape index (κ2) is 6.67. The summed E-state index contributed by atoms with van der Waals surface area (Å²) in [7, 11) is 1.31. The fourth-order valence-corrected chi connectivity index (χ4v) is 2.33. The number of hydrogen-bond donors (Lipinski definition) is 1. The predicted molar refractivity (Wildman–Crippen MR) is 79.2 cm³/mol. The van der Waals surface area contributed by atoms with Crippen molar-refractivity contribution in [2.45, 2.75) is 6.54 Å². The zero-order chi connectivity index (χ0) is 15.4. The first kappa shape index (κ1) is 15.4. The first-order valence-electron chi connectivity index (χ1n) is 6.07. The van der Waals surface area contributed by atoms with E-state index in [0.29, 0.717) is 16.6 Å². The zero-order valence-corrected chi connectivity index (χ0v) is 12.7. The third-order valence-electron chi connectivity index (χ3n) is 2.85. The Morgan fingerprint density at radius 2 is 1.90 bits per heavy atom. The number of nitrogens with one attached hydrogen (secondary N) is 1. The predicted octanol–water partition coefficient (Wildman–Crippen LogP) is 4.13. The molecule has 0 saturated heterocycles. The van der Waals surface area contributed by atoms with Crippen molar-refractivity contribution in [1.29, 1.82) is 0 Å². The van der Waals surface area contributed by atoms with Gasteiger partial charge in [-0.1, -0.05) is 12.1 Å². The van der Waals surface area contributed by atoms with Crippen LogP contribution in [0.25, 0.3) is 0 Å². The van der Waals surface area contributed by atoms with Gasteiger partial charge in [0.1, 0.15) is 11.6 Å². The molecule has 2 aromatic rings. The number of rotatable bonds is 4. The lowest BCUT2D eigenvalue weighted by Gasteiger charge is -2.10. The highest BCUT2D eigenvalue weighted by Gasteiger charge is 2.09. The molecule has 0 atom stereocenters. The van der Waals surface area contributed by atoms with Crippen LogP contribution in [0.3, 0.4) is 0 Å². The van der Waals surface area contributed by atoms with Crippen molar-refractivity contribution in [1.82, 2.24) is 0 Å². The van der Waals surface area contributed by atoms with Gasteiger partial charge in [0.2, 0.25) is 0 Å². The van der Waals surface area contributed by atoms with Gasteiger partial charge in [-0.25, -0.2) is 13.6 Å². The number of carbonyl (C=O) groups is 1. The molecule has 0 amide bonds. The van der Waals surface area contributed by atoms with E-state index in [-0.39, 0.29) is 5.69 Å². The summed E-state index contributed by atoms with van der Waals surface area (Å²) in [4.78, 5) is 11.3. The maximum absolute atomic E-state index is 13.6. The van der Waals surface area contributed by atoms with Crippen molar-refractivity contribution >= 4 is 27.6 Å². The SMILES string of the molecule is COC(=O)c1ccc(CNc2c(F)cc(F)cc2Br)cc1. The number of anilines is 1. The zero-order valence-electron chi connectivity index (χ0n) is 11.1. The van der Waals surface area contributed by atoms with Crippen molar-refractivity contribution < 1.29 is 18.3 Å². The summed E-state index contributed by atoms with van der Waals surface area (Å²) < 4.78 is 31.5. The summed E-state index contributed by atoms with van der Waals surface area (Å²) in [6.45, 7) is 0.336. The summed E-state index contributed by atoms with van der Waals surface area (Å²) in [6, 6.07) is 8.71. The number of carbonyl (C=O) groups excluding carboxylic acids is 1. The Morgan fingerprint density at radius 1 is 1.24 bits per heavy atom. The monoisotopic (exact) mass is 355 g/mol. The Hall–Kier alpha value is -1.95. The van der Waals surface area contributed by atoms with E-state index in [1.807, 2.05) is 0 Å². The molecule has 1 N–H and O–H groups in total. The lowest BCUT2D eigenvalue weighted by atomic mass is 10.1. The summed E-state index contributed by atoms with van der Waals surface area (Å²) in [5, 5.41) is 2.88. The van der Waals surface area contributed by atoms with E-state index in [1.54, 1.807) is 24.3 Å². The molecule has 0 spiro atoms. The van der Waals surface area contributed by atoms with Crippen LogP contribution in [-0.4, -0.2) is 13.1 Å². The Kier molecular flexibility index (Phi) is 4.90. The molecule has 0 aromatic heterocycles. The molecular weight excluding hydrogens is 344 g/mol. The normalized spacial score (nSPS) is 10.3. The van der Waals surface area contributed by atoms with E-state index in [9.17, 15) is 13.6 Å². The minimum atomic E-state index is -0.673. The van der Waals surface area contributed by atoms with Crippen LogP contribution in [0.2, 0.25) is 0 Å². The molecule has 0 heterocycles. The molecule has 21 heavy (non-hydrogen) atoms. The minimum absolute atomic E-state index is 0.188. The maximum Gasteiger partial charge on any atom is 0.337 e. The van der Waals surface area contributed by atoms with Crippen molar-refractivity contribution in [3.63, 3.8) is 0 Å². The van der Waals surface area contributed by atoms with Crippen LogP contribution >= 0.6 is 15.9 Å². The van der Waals surface area contributed by atoms with Crippen molar-refractivity contribution in [2.75, 3.05) is 12.4 Å². The standard InChI is InChI=1S/C15H12BrF2NO2/c1-21-15(20)10-4-2-9(3-5-10)8-19-14-12(16)6-11(17)7-13(14)18/h2-7,19H,8H2,1H3. The average Bonchev–Trinajstić information content (AvgIpc) is 2.46.